The fraction of sp³-hybridized carbons (Fsp3) is 0.474. The van der Waals surface area contributed by atoms with Gasteiger partial charge in [-0.05, 0) is 12.8 Å². The number of hydrogen-bond donors (Lipinski definition) is 1. The highest BCUT2D eigenvalue weighted by Gasteiger charge is 2.45. The summed E-state index contributed by atoms with van der Waals surface area (Å²) in [6.45, 7) is 1.41. The zero-order valence-electron chi connectivity index (χ0n) is 16.1. The smallest absolute Gasteiger partial charge is 0.294 e. The number of carbonyl (C=O) groups is 3. The van der Waals surface area contributed by atoms with Crippen LogP contribution in [0.3, 0.4) is 0 Å². The topological polar surface area (TPSA) is 113 Å². The van der Waals surface area contributed by atoms with Crippen molar-refractivity contribution in [1.29, 1.82) is 0 Å². The summed E-state index contributed by atoms with van der Waals surface area (Å²) in [5.74, 6) is -2.33. The second-order valence-corrected chi connectivity index (χ2v) is 7.79. The van der Waals surface area contributed by atoms with Crippen molar-refractivity contribution in [3.05, 3.63) is 36.2 Å². The third-order valence-corrected chi connectivity index (χ3v) is 5.90. The van der Waals surface area contributed by atoms with Crippen molar-refractivity contribution in [3.63, 3.8) is 0 Å². The number of fused-ring (bicyclic) bond motifs is 1. The first-order valence-corrected chi connectivity index (χ1v) is 9.93. The van der Waals surface area contributed by atoms with Crippen molar-refractivity contribution in [2.75, 3.05) is 26.2 Å². The van der Waals surface area contributed by atoms with Crippen molar-refractivity contribution >= 4 is 23.4 Å². The first-order chi connectivity index (χ1) is 14.5. The molecule has 10 nitrogen and oxygen atoms in total. The summed E-state index contributed by atoms with van der Waals surface area (Å²) in [4.78, 5) is 45.2. The van der Waals surface area contributed by atoms with Gasteiger partial charge in [0.15, 0.2) is 5.84 Å². The molecule has 11 heteroatoms. The standard InChI is InChI=1S/C19H20FN7O3/c20-13-10-22-17(27-4-3-23-24-27)15-14(13)12(9-21-15)16(28)19(30)26-7-5-25(6-8-26)18(29)11-1-2-11/h3-4,9-11,14-15,21H,1-2,5-8H2. The Morgan fingerprint density at radius 3 is 2.50 bits per heavy atom. The van der Waals surface area contributed by atoms with Gasteiger partial charge in [-0.3, -0.25) is 14.4 Å². The van der Waals surface area contributed by atoms with Crippen LogP contribution in [-0.2, 0) is 14.4 Å². The number of nitrogens with one attached hydrogen (secondary N) is 1. The molecular formula is C19H20FN7O3. The Bertz CT molecular complexity index is 988. The molecule has 1 saturated heterocycles. The molecule has 4 aliphatic rings. The van der Waals surface area contributed by atoms with Crippen molar-refractivity contribution in [2.45, 2.75) is 18.9 Å². The highest BCUT2D eigenvalue weighted by molar-refractivity contribution is 6.43. The second kappa shape index (κ2) is 7.15. The molecule has 0 spiro atoms. The Hall–Kier alpha value is -3.37. The molecule has 1 aliphatic carbocycles. The number of aliphatic imine (C=N–C) groups is 1. The molecule has 2 atom stereocenters. The average molecular weight is 413 g/mol. The van der Waals surface area contributed by atoms with Crippen LogP contribution in [0.25, 0.3) is 0 Å². The summed E-state index contributed by atoms with van der Waals surface area (Å²) in [6.07, 6.45) is 7.32. The summed E-state index contributed by atoms with van der Waals surface area (Å²) in [6, 6.07) is -0.656. The van der Waals surface area contributed by atoms with Crippen LogP contribution in [0.5, 0.6) is 0 Å². The minimum absolute atomic E-state index is 0.0581. The second-order valence-electron chi connectivity index (χ2n) is 7.79. The van der Waals surface area contributed by atoms with E-state index in [1.807, 2.05) is 0 Å². The van der Waals surface area contributed by atoms with E-state index < -0.39 is 29.5 Å². The van der Waals surface area contributed by atoms with Gasteiger partial charge in [-0.1, -0.05) is 5.21 Å². The SMILES string of the molecule is O=C(C(=O)N1CCN(C(=O)C2CC2)CC1)C1=CNC2C(n3ccnn3)=NC=C(F)C12. The Kier molecular flexibility index (Phi) is 4.44. The molecule has 2 unspecified atom stereocenters. The van der Waals surface area contributed by atoms with Crippen LogP contribution in [0, 0.1) is 11.8 Å². The van der Waals surface area contributed by atoms with Gasteiger partial charge in [0.2, 0.25) is 11.7 Å². The monoisotopic (exact) mass is 413 g/mol. The van der Waals surface area contributed by atoms with Crippen LogP contribution < -0.4 is 5.32 Å². The number of aromatic nitrogens is 3. The third-order valence-electron chi connectivity index (χ3n) is 5.90. The normalized spacial score (nSPS) is 25.7. The van der Waals surface area contributed by atoms with E-state index in [1.165, 1.54) is 22.0 Å². The molecule has 1 N–H and O–H groups in total. The first-order valence-electron chi connectivity index (χ1n) is 9.93. The van der Waals surface area contributed by atoms with Crippen molar-refractivity contribution in [2.24, 2.45) is 16.8 Å². The lowest BCUT2D eigenvalue weighted by Crippen LogP contribution is -2.53. The number of piperazine rings is 1. The van der Waals surface area contributed by atoms with E-state index in [0.29, 0.717) is 32.0 Å². The van der Waals surface area contributed by atoms with E-state index in [4.69, 9.17) is 0 Å². The molecule has 1 aromatic heterocycles. The average Bonchev–Trinajstić information content (AvgIpc) is 3.28. The number of hydrogen-bond acceptors (Lipinski definition) is 7. The van der Waals surface area contributed by atoms with Crippen molar-refractivity contribution in [1.82, 2.24) is 30.1 Å². The molecule has 1 aromatic rings. The Morgan fingerprint density at radius 2 is 1.83 bits per heavy atom. The molecule has 1 saturated carbocycles. The van der Waals surface area contributed by atoms with Gasteiger partial charge in [-0.25, -0.2) is 14.1 Å². The fourth-order valence-corrected chi connectivity index (χ4v) is 4.09. The highest BCUT2D eigenvalue weighted by Crippen LogP contribution is 2.34. The lowest BCUT2D eigenvalue weighted by molar-refractivity contribution is -0.146. The van der Waals surface area contributed by atoms with Crippen molar-refractivity contribution in [3.8, 4) is 0 Å². The molecule has 4 heterocycles. The lowest BCUT2D eigenvalue weighted by atomic mass is 9.88. The number of carbonyl (C=O) groups excluding carboxylic acids is 3. The summed E-state index contributed by atoms with van der Waals surface area (Å²) in [5.41, 5.74) is 0.0581. The quantitative estimate of drug-likeness (QED) is 0.667. The molecule has 3 aliphatic heterocycles. The minimum Gasteiger partial charge on any atom is -0.380 e. The minimum atomic E-state index is -0.948. The van der Waals surface area contributed by atoms with Gasteiger partial charge in [0.25, 0.3) is 5.91 Å². The van der Waals surface area contributed by atoms with Crippen LogP contribution >= 0.6 is 0 Å². The van der Waals surface area contributed by atoms with Gasteiger partial charge >= 0.3 is 0 Å². The van der Waals surface area contributed by atoms with Gasteiger partial charge in [-0.2, -0.15) is 0 Å². The molecular weight excluding hydrogens is 393 g/mol. The number of rotatable bonds is 3. The van der Waals surface area contributed by atoms with Gasteiger partial charge in [-0.15, -0.1) is 5.10 Å². The van der Waals surface area contributed by atoms with E-state index in [1.54, 1.807) is 11.1 Å². The van der Waals surface area contributed by atoms with Gasteiger partial charge in [0, 0.05) is 43.9 Å². The van der Waals surface area contributed by atoms with Crippen LogP contribution in [-0.4, -0.2) is 80.4 Å². The number of amides is 2. The largest absolute Gasteiger partial charge is 0.380 e. The van der Waals surface area contributed by atoms with E-state index in [0.717, 1.165) is 19.0 Å². The predicted octanol–water partition coefficient (Wildman–Crippen LogP) is -0.529. The molecule has 156 valence electrons. The number of nitrogens with zero attached hydrogens (tertiary/aromatic N) is 6. The molecule has 0 radical (unpaired) electrons. The van der Waals surface area contributed by atoms with Crippen LogP contribution in [0.15, 0.2) is 41.2 Å². The summed E-state index contributed by atoms with van der Waals surface area (Å²) in [5, 5.41) is 10.5. The van der Waals surface area contributed by atoms with Crippen LogP contribution in [0.4, 0.5) is 4.39 Å². The maximum absolute atomic E-state index is 14.6. The summed E-state index contributed by atoms with van der Waals surface area (Å²) >= 11 is 0. The number of Topliss-reactive ketones (excluding diaryl/α,β-unsaturated/α-hetero) is 1. The Balaban J connectivity index is 1.27. The van der Waals surface area contributed by atoms with Crippen LogP contribution in [0.2, 0.25) is 0 Å². The van der Waals surface area contributed by atoms with Crippen molar-refractivity contribution < 1.29 is 18.8 Å². The number of ketones is 1. The van der Waals surface area contributed by atoms with E-state index in [2.05, 4.69) is 20.6 Å². The third kappa shape index (κ3) is 3.10. The zero-order valence-corrected chi connectivity index (χ0v) is 16.1. The number of halogens is 1. The summed E-state index contributed by atoms with van der Waals surface area (Å²) < 4.78 is 16.0. The van der Waals surface area contributed by atoms with E-state index >= 15 is 0 Å². The van der Waals surface area contributed by atoms with Gasteiger partial charge < -0.3 is 15.1 Å². The molecule has 2 fully saturated rings. The molecule has 0 aromatic carbocycles. The van der Waals surface area contributed by atoms with E-state index in [-0.39, 0.29) is 17.4 Å². The first kappa shape index (κ1) is 18.6. The maximum atomic E-state index is 14.6. The fourth-order valence-electron chi connectivity index (χ4n) is 4.09. The van der Waals surface area contributed by atoms with Crippen LogP contribution in [0.1, 0.15) is 12.8 Å². The molecule has 30 heavy (non-hydrogen) atoms. The van der Waals surface area contributed by atoms with Gasteiger partial charge in [0.05, 0.1) is 30.6 Å². The maximum Gasteiger partial charge on any atom is 0.294 e. The molecule has 5 rings (SSSR count). The Labute approximate surface area is 171 Å². The molecule has 2 amide bonds. The molecule has 0 bridgehead atoms. The van der Waals surface area contributed by atoms with E-state index in [9.17, 15) is 18.8 Å². The Morgan fingerprint density at radius 1 is 1.10 bits per heavy atom. The summed E-state index contributed by atoms with van der Waals surface area (Å²) in [7, 11) is 0. The predicted molar refractivity (Wildman–Crippen MR) is 101 cm³/mol. The zero-order chi connectivity index (χ0) is 20.8. The van der Waals surface area contributed by atoms with Gasteiger partial charge in [0.1, 0.15) is 5.83 Å². The lowest BCUT2D eigenvalue weighted by Gasteiger charge is -2.34. The highest BCUT2D eigenvalue weighted by atomic mass is 19.1.